The van der Waals surface area contributed by atoms with Gasteiger partial charge >= 0.3 is 5.97 Å². The minimum atomic E-state index is -0.877. The molecule has 0 saturated carbocycles. The van der Waals surface area contributed by atoms with Gasteiger partial charge in [0.25, 0.3) is 5.91 Å². The summed E-state index contributed by atoms with van der Waals surface area (Å²) < 4.78 is 5.25. The van der Waals surface area contributed by atoms with Crippen molar-refractivity contribution in [1.82, 2.24) is 15.3 Å². The van der Waals surface area contributed by atoms with Crippen molar-refractivity contribution in [2.45, 2.75) is 53.2 Å². The molecular weight excluding hydrogens is 306 g/mol. The summed E-state index contributed by atoms with van der Waals surface area (Å²) in [5.41, 5.74) is 2.96. The van der Waals surface area contributed by atoms with Crippen LogP contribution in [0.15, 0.2) is 18.2 Å². The molecule has 2 aromatic rings. The number of aromatic nitrogens is 2. The lowest BCUT2D eigenvalue weighted by molar-refractivity contribution is -0.130. The number of amides is 1. The van der Waals surface area contributed by atoms with Gasteiger partial charge in [0, 0.05) is 5.54 Å². The highest BCUT2D eigenvalue weighted by atomic mass is 16.5. The predicted octanol–water partition coefficient (Wildman–Crippen LogP) is 2.71. The second-order valence-corrected chi connectivity index (χ2v) is 6.88. The highest BCUT2D eigenvalue weighted by Crippen LogP contribution is 2.16. The summed E-state index contributed by atoms with van der Waals surface area (Å²) in [5, 5.41) is 2.78. The molecule has 24 heavy (non-hydrogen) atoms. The Morgan fingerprint density at radius 3 is 2.25 bits per heavy atom. The van der Waals surface area contributed by atoms with Crippen molar-refractivity contribution < 1.29 is 14.3 Å². The molecule has 0 aliphatic carbocycles. The van der Waals surface area contributed by atoms with Gasteiger partial charge in [-0.1, -0.05) is 0 Å². The van der Waals surface area contributed by atoms with Crippen LogP contribution in [-0.4, -0.2) is 33.5 Å². The Kier molecular flexibility index (Phi) is 4.87. The quantitative estimate of drug-likeness (QED) is 0.876. The van der Waals surface area contributed by atoms with Crippen LogP contribution >= 0.6 is 0 Å². The van der Waals surface area contributed by atoms with E-state index in [4.69, 9.17) is 4.74 Å². The minimum Gasteiger partial charge on any atom is -0.449 e. The molecule has 1 amide bonds. The van der Waals surface area contributed by atoms with Crippen LogP contribution in [0.5, 0.6) is 0 Å². The van der Waals surface area contributed by atoms with Gasteiger partial charge in [0.1, 0.15) is 0 Å². The van der Waals surface area contributed by atoms with Gasteiger partial charge < -0.3 is 10.1 Å². The number of hydrogen-bond acceptors (Lipinski definition) is 5. The normalized spacial score (nSPS) is 12.8. The second-order valence-electron chi connectivity index (χ2n) is 6.88. The lowest BCUT2D eigenvalue weighted by Gasteiger charge is -2.23. The molecule has 0 bridgehead atoms. The third-order valence-corrected chi connectivity index (χ3v) is 3.46. The molecule has 1 heterocycles. The van der Waals surface area contributed by atoms with Gasteiger partial charge in [-0.2, -0.15) is 0 Å². The van der Waals surface area contributed by atoms with Crippen LogP contribution in [-0.2, 0) is 9.53 Å². The fraction of sp³-hybridized carbons (Fsp3) is 0.444. The zero-order valence-corrected chi connectivity index (χ0v) is 14.9. The first-order valence-electron chi connectivity index (χ1n) is 7.85. The molecule has 0 saturated heterocycles. The molecule has 0 unspecified atom stereocenters. The number of rotatable bonds is 3. The lowest BCUT2D eigenvalue weighted by atomic mass is 10.1. The van der Waals surface area contributed by atoms with E-state index in [1.54, 1.807) is 25.1 Å². The Bertz CT molecular complexity index is 794. The van der Waals surface area contributed by atoms with Gasteiger partial charge in [0.2, 0.25) is 0 Å². The Morgan fingerprint density at radius 2 is 1.67 bits per heavy atom. The fourth-order valence-corrected chi connectivity index (χ4v) is 2.11. The molecule has 128 valence electrons. The van der Waals surface area contributed by atoms with E-state index in [0.29, 0.717) is 16.6 Å². The van der Waals surface area contributed by atoms with E-state index in [1.165, 1.54) is 0 Å². The summed E-state index contributed by atoms with van der Waals surface area (Å²) in [7, 11) is 0. The first kappa shape index (κ1) is 17.8. The van der Waals surface area contributed by atoms with Crippen molar-refractivity contribution in [2.75, 3.05) is 0 Å². The van der Waals surface area contributed by atoms with E-state index >= 15 is 0 Å². The number of nitrogens with zero attached hydrogens (tertiary/aromatic N) is 2. The zero-order valence-electron chi connectivity index (χ0n) is 14.9. The molecule has 6 nitrogen and oxygen atoms in total. The third-order valence-electron chi connectivity index (χ3n) is 3.46. The Balaban J connectivity index is 2.16. The summed E-state index contributed by atoms with van der Waals surface area (Å²) in [4.78, 5) is 33.1. The van der Waals surface area contributed by atoms with Crippen molar-refractivity contribution in [3.05, 3.63) is 35.2 Å². The number of aryl methyl sites for hydroxylation is 2. The van der Waals surface area contributed by atoms with Crippen LogP contribution < -0.4 is 5.32 Å². The van der Waals surface area contributed by atoms with Crippen LogP contribution in [0.2, 0.25) is 0 Å². The molecule has 0 fully saturated rings. The molecule has 0 aliphatic heterocycles. The average Bonchev–Trinajstić information content (AvgIpc) is 2.46. The maximum Gasteiger partial charge on any atom is 0.338 e. The average molecular weight is 329 g/mol. The number of ether oxygens (including phenoxy) is 1. The van der Waals surface area contributed by atoms with Crippen LogP contribution in [0.4, 0.5) is 0 Å². The number of carbonyl (C=O) groups excluding carboxylic acids is 2. The molecule has 1 N–H and O–H groups in total. The molecule has 2 rings (SSSR count). The molecular formula is C18H23N3O3. The Hall–Kier alpha value is -2.50. The molecule has 0 aliphatic rings. The SMILES string of the molecule is Cc1nc2ccc(C(=O)O[C@H](C)C(=O)NC(C)(C)C)cc2nc1C. The fourth-order valence-electron chi connectivity index (χ4n) is 2.11. The van der Waals surface area contributed by atoms with Crippen LogP contribution in [0.3, 0.4) is 0 Å². The molecule has 1 aromatic carbocycles. The maximum absolute atomic E-state index is 12.3. The van der Waals surface area contributed by atoms with Crippen LogP contribution in [0, 0.1) is 13.8 Å². The number of carbonyl (C=O) groups is 2. The number of esters is 1. The molecule has 1 atom stereocenters. The first-order valence-corrected chi connectivity index (χ1v) is 7.85. The Labute approximate surface area is 141 Å². The van der Waals surface area contributed by atoms with Crippen molar-refractivity contribution in [3.8, 4) is 0 Å². The van der Waals surface area contributed by atoms with E-state index in [-0.39, 0.29) is 11.4 Å². The van der Waals surface area contributed by atoms with E-state index in [1.807, 2.05) is 34.6 Å². The van der Waals surface area contributed by atoms with E-state index in [2.05, 4.69) is 15.3 Å². The standard InChI is InChI=1S/C18H23N3O3/c1-10-11(2)20-15-9-13(7-8-14(15)19-10)17(23)24-12(3)16(22)21-18(4,5)6/h7-9,12H,1-6H3,(H,21,22)/t12-/m1/s1. The zero-order chi connectivity index (χ0) is 18.1. The van der Waals surface area contributed by atoms with Crippen molar-refractivity contribution in [3.63, 3.8) is 0 Å². The predicted molar refractivity (Wildman–Crippen MR) is 91.8 cm³/mol. The van der Waals surface area contributed by atoms with Crippen LogP contribution in [0.1, 0.15) is 49.4 Å². The van der Waals surface area contributed by atoms with E-state index in [0.717, 1.165) is 11.4 Å². The van der Waals surface area contributed by atoms with E-state index in [9.17, 15) is 9.59 Å². The molecule has 1 aromatic heterocycles. The number of nitrogens with one attached hydrogen (secondary N) is 1. The number of hydrogen-bond donors (Lipinski definition) is 1. The summed E-state index contributed by atoms with van der Waals surface area (Å²) in [5.74, 6) is -0.892. The smallest absolute Gasteiger partial charge is 0.338 e. The summed E-state index contributed by atoms with van der Waals surface area (Å²) in [6.45, 7) is 10.9. The second kappa shape index (κ2) is 6.55. The van der Waals surface area contributed by atoms with Gasteiger partial charge in [-0.25, -0.2) is 14.8 Å². The highest BCUT2D eigenvalue weighted by Gasteiger charge is 2.23. The van der Waals surface area contributed by atoms with Gasteiger partial charge in [0.15, 0.2) is 6.10 Å². The van der Waals surface area contributed by atoms with Crippen molar-refractivity contribution in [2.24, 2.45) is 0 Å². The van der Waals surface area contributed by atoms with Gasteiger partial charge in [-0.3, -0.25) is 4.79 Å². The summed E-state index contributed by atoms with van der Waals surface area (Å²) in [6.07, 6.45) is -0.877. The van der Waals surface area contributed by atoms with Crippen molar-refractivity contribution in [1.29, 1.82) is 0 Å². The van der Waals surface area contributed by atoms with Gasteiger partial charge in [-0.05, 0) is 59.7 Å². The minimum absolute atomic E-state index is 0.331. The van der Waals surface area contributed by atoms with Crippen LogP contribution in [0.25, 0.3) is 11.0 Å². The van der Waals surface area contributed by atoms with Crippen molar-refractivity contribution >= 4 is 22.9 Å². The number of fused-ring (bicyclic) bond motifs is 1. The maximum atomic E-state index is 12.3. The van der Waals surface area contributed by atoms with Gasteiger partial charge in [-0.15, -0.1) is 0 Å². The third kappa shape index (κ3) is 4.28. The van der Waals surface area contributed by atoms with E-state index < -0.39 is 12.1 Å². The molecule has 6 heteroatoms. The Morgan fingerprint density at radius 1 is 1.08 bits per heavy atom. The van der Waals surface area contributed by atoms with Gasteiger partial charge in [0.05, 0.1) is 28.0 Å². The first-order chi connectivity index (χ1) is 11.1. The lowest BCUT2D eigenvalue weighted by Crippen LogP contribution is -2.46. The largest absolute Gasteiger partial charge is 0.449 e. The molecule has 0 spiro atoms. The topological polar surface area (TPSA) is 81.2 Å². The summed E-state index contributed by atoms with van der Waals surface area (Å²) >= 11 is 0. The molecule has 0 radical (unpaired) electrons. The summed E-state index contributed by atoms with van der Waals surface area (Å²) in [6, 6.07) is 4.99. The monoisotopic (exact) mass is 329 g/mol. The highest BCUT2D eigenvalue weighted by molar-refractivity contribution is 5.95. The number of benzene rings is 1.